The lowest BCUT2D eigenvalue weighted by Gasteiger charge is -2.32. The smallest absolute Gasteiger partial charge is 0.413 e. The highest BCUT2D eigenvalue weighted by atomic mass is 16.6. The van der Waals surface area contributed by atoms with Crippen molar-refractivity contribution in [2.75, 3.05) is 10.6 Å². The molecule has 1 saturated carbocycles. The van der Waals surface area contributed by atoms with Gasteiger partial charge < -0.3 is 10.1 Å². The summed E-state index contributed by atoms with van der Waals surface area (Å²) in [6.07, 6.45) is 7.66. The molecule has 1 aromatic heterocycles. The van der Waals surface area contributed by atoms with Crippen molar-refractivity contribution in [3.8, 4) is 0 Å². The standard InChI is InChI=1S/C18H29N3O2/c1-5-13-8-6-7-9-15(13)20-14-10-11-16(19-12-14)21-17(22)23-18(2,3)4/h10-13,15,20H,5-9H2,1-4H3,(H,19,21,22). The highest BCUT2D eigenvalue weighted by Crippen LogP contribution is 2.29. The van der Waals surface area contributed by atoms with Gasteiger partial charge in [-0.05, 0) is 51.7 Å². The second-order valence-electron chi connectivity index (χ2n) is 7.26. The number of pyridine rings is 1. The van der Waals surface area contributed by atoms with E-state index in [0.29, 0.717) is 11.9 Å². The molecule has 2 unspecified atom stereocenters. The second kappa shape index (κ2) is 7.66. The molecule has 23 heavy (non-hydrogen) atoms. The van der Waals surface area contributed by atoms with E-state index in [0.717, 1.165) is 11.6 Å². The fourth-order valence-corrected chi connectivity index (χ4v) is 3.06. The van der Waals surface area contributed by atoms with Crippen LogP contribution in [-0.2, 0) is 4.74 Å². The summed E-state index contributed by atoms with van der Waals surface area (Å²) in [5, 5.41) is 6.24. The van der Waals surface area contributed by atoms with E-state index in [2.05, 4.69) is 22.5 Å². The first-order valence-electron chi connectivity index (χ1n) is 8.60. The summed E-state index contributed by atoms with van der Waals surface area (Å²) < 4.78 is 5.22. The summed E-state index contributed by atoms with van der Waals surface area (Å²) >= 11 is 0. The van der Waals surface area contributed by atoms with Crippen molar-refractivity contribution in [1.82, 2.24) is 4.98 Å². The van der Waals surface area contributed by atoms with E-state index >= 15 is 0 Å². The molecule has 1 aliphatic carbocycles. The third-order valence-corrected chi connectivity index (χ3v) is 4.18. The number of carbonyl (C=O) groups excluding carboxylic acids is 1. The Balaban J connectivity index is 1.90. The Morgan fingerprint density at radius 2 is 2.04 bits per heavy atom. The molecule has 1 amide bonds. The summed E-state index contributed by atoms with van der Waals surface area (Å²) in [4.78, 5) is 16.0. The van der Waals surface area contributed by atoms with Crippen LogP contribution in [0.2, 0.25) is 0 Å². The zero-order valence-corrected chi connectivity index (χ0v) is 14.7. The first-order chi connectivity index (χ1) is 10.9. The zero-order valence-electron chi connectivity index (χ0n) is 14.7. The molecule has 1 aromatic rings. The quantitative estimate of drug-likeness (QED) is 0.836. The molecule has 0 bridgehead atoms. The van der Waals surface area contributed by atoms with Crippen molar-refractivity contribution in [2.45, 2.75) is 71.4 Å². The predicted octanol–water partition coefficient (Wildman–Crippen LogP) is 4.81. The first kappa shape index (κ1) is 17.6. The second-order valence-corrected chi connectivity index (χ2v) is 7.26. The average Bonchev–Trinajstić information content (AvgIpc) is 2.48. The number of carbonyl (C=O) groups is 1. The Morgan fingerprint density at radius 1 is 1.30 bits per heavy atom. The third kappa shape index (κ3) is 5.73. The van der Waals surface area contributed by atoms with Gasteiger partial charge in [0.2, 0.25) is 0 Å². The van der Waals surface area contributed by atoms with E-state index in [9.17, 15) is 4.79 Å². The van der Waals surface area contributed by atoms with Crippen LogP contribution in [0.5, 0.6) is 0 Å². The molecule has 2 N–H and O–H groups in total. The Hall–Kier alpha value is -1.78. The fraction of sp³-hybridized carbons (Fsp3) is 0.667. The number of nitrogens with zero attached hydrogens (tertiary/aromatic N) is 1. The van der Waals surface area contributed by atoms with Crippen molar-refractivity contribution >= 4 is 17.6 Å². The van der Waals surface area contributed by atoms with Crippen LogP contribution in [0, 0.1) is 5.92 Å². The zero-order chi connectivity index (χ0) is 16.9. The van der Waals surface area contributed by atoms with Gasteiger partial charge in [0.25, 0.3) is 0 Å². The van der Waals surface area contributed by atoms with Gasteiger partial charge in [-0.2, -0.15) is 0 Å². The van der Waals surface area contributed by atoms with E-state index in [4.69, 9.17) is 4.74 Å². The van der Waals surface area contributed by atoms with Crippen LogP contribution >= 0.6 is 0 Å². The van der Waals surface area contributed by atoms with E-state index in [1.165, 1.54) is 32.1 Å². The summed E-state index contributed by atoms with van der Waals surface area (Å²) in [6, 6.07) is 4.29. The molecule has 1 aliphatic rings. The predicted molar refractivity (Wildman–Crippen MR) is 93.8 cm³/mol. The Bertz CT molecular complexity index is 508. The number of ether oxygens (including phenoxy) is 1. The number of nitrogens with one attached hydrogen (secondary N) is 2. The number of anilines is 2. The van der Waals surface area contributed by atoms with Crippen LogP contribution in [0.25, 0.3) is 0 Å². The third-order valence-electron chi connectivity index (χ3n) is 4.18. The summed E-state index contributed by atoms with van der Waals surface area (Å²) in [5.41, 5.74) is 0.493. The van der Waals surface area contributed by atoms with Crippen LogP contribution < -0.4 is 10.6 Å². The number of aromatic nitrogens is 1. The molecular weight excluding hydrogens is 290 g/mol. The monoisotopic (exact) mass is 319 g/mol. The van der Waals surface area contributed by atoms with E-state index in [-0.39, 0.29) is 0 Å². The fourth-order valence-electron chi connectivity index (χ4n) is 3.06. The first-order valence-corrected chi connectivity index (χ1v) is 8.60. The maximum absolute atomic E-state index is 11.7. The number of hydrogen-bond donors (Lipinski definition) is 2. The molecule has 5 heteroatoms. The van der Waals surface area contributed by atoms with Crippen molar-refractivity contribution in [3.05, 3.63) is 18.3 Å². The molecule has 2 atom stereocenters. The Labute approximate surface area is 139 Å². The summed E-state index contributed by atoms with van der Waals surface area (Å²) in [6.45, 7) is 7.76. The molecule has 128 valence electrons. The van der Waals surface area contributed by atoms with Crippen LogP contribution in [-0.4, -0.2) is 22.7 Å². The average molecular weight is 319 g/mol. The number of hydrogen-bond acceptors (Lipinski definition) is 4. The minimum atomic E-state index is -0.512. The van der Waals surface area contributed by atoms with Crippen LogP contribution in [0.15, 0.2) is 18.3 Å². The van der Waals surface area contributed by atoms with Gasteiger partial charge in [-0.15, -0.1) is 0 Å². The van der Waals surface area contributed by atoms with E-state index in [1.807, 2.05) is 26.8 Å². The van der Waals surface area contributed by atoms with Crippen molar-refractivity contribution in [1.29, 1.82) is 0 Å². The molecule has 2 rings (SSSR count). The van der Waals surface area contributed by atoms with Gasteiger partial charge >= 0.3 is 6.09 Å². The van der Waals surface area contributed by atoms with Crippen molar-refractivity contribution in [2.24, 2.45) is 5.92 Å². The van der Waals surface area contributed by atoms with Gasteiger partial charge in [0, 0.05) is 6.04 Å². The van der Waals surface area contributed by atoms with Crippen LogP contribution in [0.4, 0.5) is 16.3 Å². The molecule has 0 spiro atoms. The molecule has 0 aromatic carbocycles. The maximum atomic E-state index is 11.7. The highest BCUT2D eigenvalue weighted by molar-refractivity contribution is 5.83. The van der Waals surface area contributed by atoms with E-state index < -0.39 is 11.7 Å². The summed E-state index contributed by atoms with van der Waals surface area (Å²) in [5.74, 6) is 1.24. The maximum Gasteiger partial charge on any atom is 0.413 e. The van der Waals surface area contributed by atoms with Gasteiger partial charge in [0.05, 0.1) is 11.9 Å². The van der Waals surface area contributed by atoms with Crippen LogP contribution in [0.3, 0.4) is 0 Å². The molecule has 0 aliphatic heterocycles. The molecule has 0 radical (unpaired) electrons. The Morgan fingerprint density at radius 3 is 2.65 bits per heavy atom. The van der Waals surface area contributed by atoms with Crippen molar-refractivity contribution < 1.29 is 9.53 Å². The minimum Gasteiger partial charge on any atom is -0.444 e. The SMILES string of the molecule is CCC1CCCCC1Nc1ccc(NC(=O)OC(C)(C)C)nc1. The highest BCUT2D eigenvalue weighted by Gasteiger charge is 2.23. The number of rotatable bonds is 4. The molecular formula is C18H29N3O2. The summed E-state index contributed by atoms with van der Waals surface area (Å²) in [7, 11) is 0. The molecule has 1 fully saturated rings. The lowest BCUT2D eigenvalue weighted by Crippen LogP contribution is -2.31. The normalized spacial score (nSPS) is 21.6. The topological polar surface area (TPSA) is 63.2 Å². The largest absolute Gasteiger partial charge is 0.444 e. The van der Waals surface area contributed by atoms with Gasteiger partial charge in [-0.3, -0.25) is 5.32 Å². The molecule has 5 nitrogen and oxygen atoms in total. The van der Waals surface area contributed by atoms with Crippen LogP contribution in [0.1, 0.15) is 59.8 Å². The van der Waals surface area contributed by atoms with Gasteiger partial charge in [-0.1, -0.05) is 26.2 Å². The Kier molecular flexibility index (Phi) is 5.85. The molecule has 1 heterocycles. The minimum absolute atomic E-state index is 0.482. The van der Waals surface area contributed by atoms with E-state index in [1.54, 1.807) is 12.3 Å². The lowest BCUT2D eigenvalue weighted by molar-refractivity contribution is 0.0635. The number of amides is 1. The van der Waals surface area contributed by atoms with Gasteiger partial charge in [-0.25, -0.2) is 9.78 Å². The van der Waals surface area contributed by atoms with Gasteiger partial charge in [0.15, 0.2) is 0 Å². The lowest BCUT2D eigenvalue weighted by atomic mass is 9.83. The van der Waals surface area contributed by atoms with Gasteiger partial charge in [0.1, 0.15) is 11.4 Å². The molecule has 0 saturated heterocycles. The van der Waals surface area contributed by atoms with Crippen molar-refractivity contribution in [3.63, 3.8) is 0 Å².